The Morgan fingerprint density at radius 1 is 1.35 bits per heavy atom. The van der Waals surface area contributed by atoms with Crippen LogP contribution in [0.25, 0.3) is 0 Å². The number of aliphatic hydroxyl groups is 1. The molecule has 0 amide bonds. The van der Waals surface area contributed by atoms with Gasteiger partial charge in [-0.3, -0.25) is 9.59 Å². The van der Waals surface area contributed by atoms with Gasteiger partial charge in [-0.2, -0.15) is 0 Å². The number of esters is 3. The van der Waals surface area contributed by atoms with Gasteiger partial charge in [-0.05, 0) is 18.9 Å². The fraction of sp³-hybridized carbons (Fsp3) is 0.636. The minimum Gasteiger partial charge on any atom is -0.459 e. The van der Waals surface area contributed by atoms with Crippen LogP contribution < -0.4 is 0 Å². The van der Waals surface area contributed by atoms with E-state index in [0.29, 0.717) is 12.9 Å². The molecule has 1 saturated carbocycles. The van der Waals surface area contributed by atoms with Gasteiger partial charge in [0.2, 0.25) is 0 Å². The molecule has 0 radical (unpaired) electrons. The highest BCUT2D eigenvalue weighted by atomic mass is 16.6. The number of epoxide rings is 1. The fourth-order valence-corrected chi connectivity index (χ4v) is 4.72. The Morgan fingerprint density at radius 2 is 1.97 bits per heavy atom. The Kier molecular flexibility index (Phi) is 5.88. The Bertz CT molecular complexity index is 840. The minimum absolute atomic E-state index is 0.0566. The lowest BCUT2D eigenvalue weighted by Gasteiger charge is -2.57. The monoisotopic (exact) mass is 436 g/mol. The molecule has 2 bridgehead atoms. The number of ether oxygens (including phenoxy) is 4. The van der Waals surface area contributed by atoms with Crippen molar-refractivity contribution < 1.29 is 43.2 Å². The zero-order valence-electron chi connectivity index (χ0n) is 18.1. The number of carbonyl (C=O) groups is 4. The van der Waals surface area contributed by atoms with E-state index < -0.39 is 65.2 Å². The molecule has 3 rings (SSSR count). The van der Waals surface area contributed by atoms with Gasteiger partial charge in [0.25, 0.3) is 0 Å². The largest absolute Gasteiger partial charge is 0.459 e. The maximum atomic E-state index is 12.8. The first-order valence-corrected chi connectivity index (χ1v) is 10.2. The first-order valence-electron chi connectivity index (χ1n) is 10.2. The highest BCUT2D eigenvalue weighted by Crippen LogP contribution is 2.58. The van der Waals surface area contributed by atoms with Crippen molar-refractivity contribution in [1.29, 1.82) is 0 Å². The number of rotatable bonds is 7. The first kappa shape index (κ1) is 23.1. The molecule has 8 atom stereocenters. The van der Waals surface area contributed by atoms with E-state index in [0.717, 1.165) is 0 Å². The Hall–Kier alpha value is -2.52. The van der Waals surface area contributed by atoms with Crippen LogP contribution in [0, 0.1) is 17.3 Å². The minimum atomic E-state index is -1.80. The van der Waals surface area contributed by atoms with Crippen molar-refractivity contribution in [2.24, 2.45) is 17.3 Å². The van der Waals surface area contributed by atoms with Crippen LogP contribution in [0.3, 0.4) is 0 Å². The maximum absolute atomic E-state index is 12.8. The van der Waals surface area contributed by atoms with E-state index in [9.17, 15) is 24.3 Å². The molecule has 0 aromatic rings. The van der Waals surface area contributed by atoms with Gasteiger partial charge in [0.05, 0.1) is 18.6 Å². The van der Waals surface area contributed by atoms with Gasteiger partial charge in [0.15, 0.2) is 5.60 Å². The summed E-state index contributed by atoms with van der Waals surface area (Å²) in [4.78, 5) is 49.1. The number of hydrogen-bond donors (Lipinski definition) is 1. The highest BCUT2D eigenvalue weighted by molar-refractivity contribution is 5.90. The summed E-state index contributed by atoms with van der Waals surface area (Å²) in [5.41, 5.74) is -2.84. The van der Waals surface area contributed by atoms with Crippen LogP contribution in [0.15, 0.2) is 24.3 Å². The molecular formula is C22H28O9. The zero-order chi connectivity index (χ0) is 23.3. The van der Waals surface area contributed by atoms with Gasteiger partial charge in [0, 0.05) is 23.8 Å². The Labute approximate surface area is 180 Å². The van der Waals surface area contributed by atoms with Gasteiger partial charge >= 0.3 is 17.9 Å². The van der Waals surface area contributed by atoms with Crippen LogP contribution in [0.1, 0.15) is 34.1 Å². The number of carbonyl (C=O) groups excluding carboxylic acids is 4. The molecule has 31 heavy (non-hydrogen) atoms. The lowest BCUT2D eigenvalue weighted by molar-refractivity contribution is -0.238. The van der Waals surface area contributed by atoms with E-state index >= 15 is 0 Å². The Morgan fingerprint density at radius 3 is 2.45 bits per heavy atom. The summed E-state index contributed by atoms with van der Waals surface area (Å²) in [6, 6.07) is 0. The molecule has 0 aromatic carbocycles. The van der Waals surface area contributed by atoms with Gasteiger partial charge in [0.1, 0.15) is 24.6 Å². The molecule has 2 heterocycles. The molecule has 0 unspecified atom stereocenters. The van der Waals surface area contributed by atoms with Crippen LogP contribution in [0.5, 0.6) is 0 Å². The molecule has 170 valence electrons. The number of fused-ring (bicyclic) bond motifs is 2. The second-order valence-electron chi connectivity index (χ2n) is 8.81. The summed E-state index contributed by atoms with van der Waals surface area (Å²) in [6.07, 6.45) is -2.99. The van der Waals surface area contributed by atoms with Crippen molar-refractivity contribution in [3.05, 3.63) is 24.3 Å². The summed E-state index contributed by atoms with van der Waals surface area (Å²) < 4.78 is 22.4. The zero-order valence-corrected chi connectivity index (χ0v) is 18.1. The third-order valence-corrected chi connectivity index (χ3v) is 6.77. The molecule has 1 N–H and O–H groups in total. The molecule has 9 nitrogen and oxygen atoms in total. The summed E-state index contributed by atoms with van der Waals surface area (Å²) >= 11 is 0. The summed E-state index contributed by atoms with van der Waals surface area (Å²) in [5.74, 6) is -4.09. The molecule has 0 spiro atoms. The van der Waals surface area contributed by atoms with Crippen molar-refractivity contribution >= 4 is 24.2 Å². The standard InChI is InChI=1S/C22H28O9/c1-7-21(5,27)20(26)30-16-14-11(3)19(25)31-18(17(14)29-12(4)24)22(6,13-9-28-13)15(16)10(2)8-23/h8,13-18,27H,2-3,7,9H2,1,4-6H3/t13-,14-,15-,16-,17-,18-,21+,22+/m1/s1. The van der Waals surface area contributed by atoms with E-state index in [4.69, 9.17) is 18.9 Å². The predicted octanol–water partition coefficient (Wildman–Crippen LogP) is 0.879. The predicted molar refractivity (Wildman–Crippen MR) is 105 cm³/mol. The average Bonchev–Trinajstić information content (AvgIpc) is 3.54. The summed E-state index contributed by atoms with van der Waals surface area (Å²) in [7, 11) is 0. The summed E-state index contributed by atoms with van der Waals surface area (Å²) in [5, 5.41) is 10.4. The van der Waals surface area contributed by atoms with E-state index in [2.05, 4.69) is 13.2 Å². The van der Waals surface area contributed by atoms with E-state index in [1.54, 1.807) is 13.8 Å². The molecule has 9 heteroatoms. The van der Waals surface area contributed by atoms with Gasteiger partial charge < -0.3 is 24.1 Å². The third kappa shape index (κ3) is 3.70. The second-order valence-corrected chi connectivity index (χ2v) is 8.81. The van der Waals surface area contributed by atoms with Crippen molar-refractivity contribution in [2.75, 3.05) is 6.61 Å². The van der Waals surface area contributed by atoms with Crippen molar-refractivity contribution in [2.45, 2.75) is 64.1 Å². The normalized spacial score (nSPS) is 38.4. The lowest BCUT2D eigenvalue weighted by Crippen LogP contribution is -2.69. The Balaban J connectivity index is 2.18. The van der Waals surface area contributed by atoms with E-state index in [1.807, 2.05) is 0 Å². The van der Waals surface area contributed by atoms with Crippen molar-refractivity contribution in [3.8, 4) is 0 Å². The molecule has 3 fully saturated rings. The van der Waals surface area contributed by atoms with Crippen molar-refractivity contribution in [1.82, 2.24) is 0 Å². The second kappa shape index (κ2) is 7.87. The molecule has 2 saturated heterocycles. The summed E-state index contributed by atoms with van der Waals surface area (Å²) in [6.45, 7) is 13.8. The third-order valence-electron chi connectivity index (χ3n) is 6.77. The van der Waals surface area contributed by atoms with Crippen LogP contribution >= 0.6 is 0 Å². The molecule has 0 aromatic heterocycles. The smallest absolute Gasteiger partial charge is 0.338 e. The van der Waals surface area contributed by atoms with Gasteiger partial charge in [-0.1, -0.05) is 27.0 Å². The first-order chi connectivity index (χ1) is 14.4. The van der Waals surface area contributed by atoms with Crippen LogP contribution in [0.4, 0.5) is 0 Å². The fourth-order valence-electron chi connectivity index (χ4n) is 4.72. The molecule has 1 aliphatic carbocycles. The van der Waals surface area contributed by atoms with Gasteiger partial charge in [-0.25, -0.2) is 9.59 Å². The maximum Gasteiger partial charge on any atom is 0.338 e. The van der Waals surface area contributed by atoms with E-state index in [1.165, 1.54) is 13.8 Å². The molecule has 2 aliphatic heterocycles. The van der Waals surface area contributed by atoms with Crippen LogP contribution in [-0.4, -0.2) is 65.9 Å². The topological polar surface area (TPSA) is 129 Å². The van der Waals surface area contributed by atoms with Crippen LogP contribution in [-0.2, 0) is 38.1 Å². The lowest BCUT2D eigenvalue weighted by atomic mass is 9.54. The van der Waals surface area contributed by atoms with Gasteiger partial charge in [-0.15, -0.1) is 0 Å². The van der Waals surface area contributed by atoms with E-state index in [-0.39, 0.29) is 17.6 Å². The number of aldehydes is 1. The molecular weight excluding hydrogens is 408 g/mol. The average molecular weight is 436 g/mol. The van der Waals surface area contributed by atoms with Crippen LogP contribution in [0.2, 0.25) is 0 Å². The SMILES string of the molecule is C=C1C(=O)O[C@@H]2[C@H](OC(C)=O)[C@H]1[C@@H](OC(=O)[C@@](C)(O)CC)[C@@H](C(=C)C=O)[C@]2(C)[C@H]1CO1. The quantitative estimate of drug-likeness (QED) is 0.203. The highest BCUT2D eigenvalue weighted by Gasteiger charge is 2.70. The van der Waals surface area contributed by atoms with Crippen molar-refractivity contribution in [3.63, 3.8) is 0 Å². The number of hydrogen-bond acceptors (Lipinski definition) is 9. The molecule has 3 aliphatic rings.